The molecule has 2 heterocycles. The number of carbonyl (C=O) groups excluding carboxylic acids is 1. The molecule has 2 aromatic rings. The summed E-state index contributed by atoms with van der Waals surface area (Å²) in [4.78, 5) is 25.6. The number of nitro benzene ring substituents is 1. The number of hydrogen-bond donors (Lipinski definition) is 1. The van der Waals surface area contributed by atoms with E-state index in [-0.39, 0.29) is 23.0 Å². The van der Waals surface area contributed by atoms with Crippen LogP contribution in [-0.2, 0) is 6.54 Å². The summed E-state index contributed by atoms with van der Waals surface area (Å²) < 4.78 is 5.87. The maximum atomic E-state index is 12.8. The Morgan fingerprint density at radius 3 is 2.90 bits per heavy atom. The van der Waals surface area contributed by atoms with Gasteiger partial charge < -0.3 is 9.84 Å². The van der Waals surface area contributed by atoms with Crippen molar-refractivity contribution in [2.75, 3.05) is 6.54 Å². The van der Waals surface area contributed by atoms with Crippen LogP contribution in [0.25, 0.3) is 6.08 Å². The van der Waals surface area contributed by atoms with Gasteiger partial charge in [0, 0.05) is 24.7 Å². The van der Waals surface area contributed by atoms with Crippen molar-refractivity contribution < 1.29 is 19.6 Å². The number of phenolic OH excluding ortho intramolecular Hbond substituents is 1. The van der Waals surface area contributed by atoms with Crippen LogP contribution in [-0.4, -0.2) is 33.3 Å². The first-order valence-corrected chi connectivity index (χ1v) is 9.71. The second-order valence-corrected chi connectivity index (χ2v) is 7.55. The summed E-state index contributed by atoms with van der Waals surface area (Å²) in [6.45, 7) is 3.61. The monoisotopic (exact) mass is 394 g/mol. The van der Waals surface area contributed by atoms with Crippen molar-refractivity contribution in [1.82, 2.24) is 4.90 Å². The van der Waals surface area contributed by atoms with E-state index in [1.165, 1.54) is 30.7 Å². The Labute approximate surface area is 168 Å². The molecule has 1 N–H and O–H groups in total. The van der Waals surface area contributed by atoms with Gasteiger partial charge in [0.1, 0.15) is 11.5 Å². The fraction of sp³-hybridized carbons (Fsp3) is 0.318. The number of Topliss-reactive ketones (excluding diaryl/α,β-unsaturated/α-hetero) is 1. The summed E-state index contributed by atoms with van der Waals surface area (Å²) in [5, 5.41) is 21.4. The fourth-order valence-electron chi connectivity index (χ4n) is 3.92. The lowest BCUT2D eigenvalue weighted by Gasteiger charge is -2.33. The van der Waals surface area contributed by atoms with E-state index >= 15 is 0 Å². The van der Waals surface area contributed by atoms with Crippen LogP contribution < -0.4 is 4.74 Å². The van der Waals surface area contributed by atoms with Gasteiger partial charge in [-0.25, -0.2) is 0 Å². The molecule has 0 radical (unpaired) electrons. The smallest absolute Gasteiger partial charge is 0.270 e. The highest BCUT2D eigenvalue weighted by Crippen LogP contribution is 2.40. The number of ether oxygens (including phenoxy) is 1. The predicted molar refractivity (Wildman–Crippen MR) is 108 cm³/mol. The third kappa shape index (κ3) is 3.73. The number of ketones is 1. The molecule has 0 bridgehead atoms. The van der Waals surface area contributed by atoms with Crippen LogP contribution in [0.15, 0.2) is 42.2 Å². The minimum atomic E-state index is -0.482. The molecule has 1 unspecified atom stereocenters. The van der Waals surface area contributed by atoms with E-state index in [2.05, 4.69) is 11.8 Å². The van der Waals surface area contributed by atoms with Gasteiger partial charge in [-0.2, -0.15) is 0 Å². The standard InChI is InChI=1S/C22H22N2O5/c1-14-5-2-3-10-23(14)13-18-19(25)9-8-17-21(26)20(29-22(17)18)12-15-6-4-7-16(11-15)24(27)28/h4,6-9,11-12,14,25H,2-3,5,10,13H2,1H3/b20-12-. The highest BCUT2D eigenvalue weighted by Gasteiger charge is 2.32. The number of benzene rings is 2. The van der Waals surface area contributed by atoms with E-state index in [1.54, 1.807) is 18.2 Å². The summed E-state index contributed by atoms with van der Waals surface area (Å²) in [6, 6.07) is 9.50. The number of phenols is 1. The van der Waals surface area contributed by atoms with E-state index in [0.29, 0.717) is 35.0 Å². The van der Waals surface area contributed by atoms with Crippen molar-refractivity contribution >= 4 is 17.5 Å². The Morgan fingerprint density at radius 1 is 1.31 bits per heavy atom. The molecular formula is C22H22N2O5. The number of non-ortho nitro benzene ring substituents is 1. The summed E-state index contributed by atoms with van der Waals surface area (Å²) in [6.07, 6.45) is 4.91. The number of aromatic hydroxyl groups is 1. The molecule has 0 spiro atoms. The lowest BCUT2D eigenvalue weighted by molar-refractivity contribution is -0.384. The van der Waals surface area contributed by atoms with Gasteiger partial charge in [-0.05, 0) is 50.1 Å². The highest BCUT2D eigenvalue weighted by molar-refractivity contribution is 6.15. The number of nitrogens with zero attached hydrogens (tertiary/aromatic N) is 2. The van der Waals surface area contributed by atoms with Gasteiger partial charge in [-0.1, -0.05) is 18.6 Å². The molecule has 4 rings (SSSR count). The molecular weight excluding hydrogens is 372 g/mol. The van der Waals surface area contributed by atoms with E-state index in [9.17, 15) is 20.0 Å². The molecule has 1 saturated heterocycles. The summed E-state index contributed by atoms with van der Waals surface area (Å²) in [5.41, 5.74) is 1.46. The topological polar surface area (TPSA) is 92.9 Å². The van der Waals surface area contributed by atoms with Crippen LogP contribution >= 0.6 is 0 Å². The Kier molecular flexibility index (Phi) is 5.07. The van der Waals surface area contributed by atoms with Crippen molar-refractivity contribution in [3.05, 3.63) is 69.0 Å². The van der Waals surface area contributed by atoms with Crippen LogP contribution in [0.4, 0.5) is 5.69 Å². The molecule has 1 atom stereocenters. The Balaban J connectivity index is 1.66. The van der Waals surface area contributed by atoms with Crippen molar-refractivity contribution in [2.24, 2.45) is 0 Å². The van der Waals surface area contributed by atoms with E-state index < -0.39 is 4.92 Å². The minimum Gasteiger partial charge on any atom is -0.507 e. The SMILES string of the molecule is CC1CCCCN1Cc1c(O)ccc2c1O/C(=C\c1cccc([N+](=O)[O-])c1)C2=O. The maximum Gasteiger partial charge on any atom is 0.270 e. The maximum absolute atomic E-state index is 12.8. The van der Waals surface area contributed by atoms with Gasteiger partial charge in [0.15, 0.2) is 5.76 Å². The van der Waals surface area contributed by atoms with Crippen molar-refractivity contribution in [2.45, 2.75) is 38.8 Å². The summed E-state index contributed by atoms with van der Waals surface area (Å²) in [5.74, 6) is 0.286. The van der Waals surface area contributed by atoms with Gasteiger partial charge in [0.25, 0.3) is 5.69 Å². The molecule has 2 aliphatic rings. The van der Waals surface area contributed by atoms with Gasteiger partial charge in [0.05, 0.1) is 16.1 Å². The normalized spacial score (nSPS) is 20.5. The van der Waals surface area contributed by atoms with Gasteiger partial charge in [-0.15, -0.1) is 0 Å². The molecule has 0 amide bonds. The second-order valence-electron chi connectivity index (χ2n) is 7.55. The number of allylic oxidation sites excluding steroid dienone is 1. The number of fused-ring (bicyclic) bond motifs is 1. The number of hydrogen-bond acceptors (Lipinski definition) is 6. The molecule has 29 heavy (non-hydrogen) atoms. The van der Waals surface area contributed by atoms with Crippen LogP contribution in [0.3, 0.4) is 0 Å². The molecule has 1 fully saturated rings. The first kappa shape index (κ1) is 19.1. The molecule has 2 aliphatic heterocycles. The van der Waals surface area contributed by atoms with Crippen molar-refractivity contribution in [1.29, 1.82) is 0 Å². The number of nitro groups is 1. The van der Waals surface area contributed by atoms with E-state index in [4.69, 9.17) is 4.74 Å². The lowest BCUT2D eigenvalue weighted by Crippen LogP contribution is -2.36. The number of rotatable bonds is 4. The predicted octanol–water partition coefficient (Wildman–Crippen LogP) is 4.29. The molecule has 0 aromatic heterocycles. The van der Waals surface area contributed by atoms with Crippen LogP contribution in [0, 0.1) is 10.1 Å². The average Bonchev–Trinajstić information content (AvgIpc) is 3.01. The van der Waals surface area contributed by atoms with Gasteiger partial charge in [-0.3, -0.25) is 19.8 Å². The zero-order valence-corrected chi connectivity index (χ0v) is 16.1. The first-order chi connectivity index (χ1) is 13.9. The van der Waals surface area contributed by atoms with Gasteiger partial charge >= 0.3 is 0 Å². The molecule has 150 valence electrons. The highest BCUT2D eigenvalue weighted by atomic mass is 16.6. The van der Waals surface area contributed by atoms with Crippen LogP contribution in [0.5, 0.6) is 11.5 Å². The molecule has 2 aromatic carbocycles. The van der Waals surface area contributed by atoms with E-state index in [0.717, 1.165) is 19.4 Å². The van der Waals surface area contributed by atoms with E-state index in [1.807, 2.05) is 0 Å². The zero-order valence-electron chi connectivity index (χ0n) is 16.1. The third-order valence-corrected chi connectivity index (χ3v) is 5.60. The largest absolute Gasteiger partial charge is 0.507 e. The Morgan fingerprint density at radius 2 is 2.14 bits per heavy atom. The molecule has 0 saturated carbocycles. The van der Waals surface area contributed by atoms with Crippen LogP contribution in [0.2, 0.25) is 0 Å². The molecule has 7 nitrogen and oxygen atoms in total. The number of piperidine rings is 1. The number of carbonyl (C=O) groups is 1. The Hall–Kier alpha value is -3.19. The molecule has 0 aliphatic carbocycles. The number of likely N-dealkylation sites (tertiary alicyclic amines) is 1. The fourth-order valence-corrected chi connectivity index (χ4v) is 3.92. The van der Waals surface area contributed by atoms with Crippen LogP contribution in [0.1, 0.15) is 47.7 Å². The third-order valence-electron chi connectivity index (χ3n) is 5.60. The van der Waals surface area contributed by atoms with Crippen molar-refractivity contribution in [3.63, 3.8) is 0 Å². The summed E-state index contributed by atoms with van der Waals surface area (Å²) >= 11 is 0. The average molecular weight is 394 g/mol. The second kappa shape index (κ2) is 7.67. The Bertz CT molecular complexity index is 1010. The summed E-state index contributed by atoms with van der Waals surface area (Å²) in [7, 11) is 0. The lowest BCUT2D eigenvalue weighted by atomic mass is 10.0. The minimum absolute atomic E-state index is 0.0558. The first-order valence-electron chi connectivity index (χ1n) is 9.71. The molecule has 7 heteroatoms. The zero-order chi connectivity index (χ0) is 20.5. The quantitative estimate of drug-likeness (QED) is 0.472. The van der Waals surface area contributed by atoms with Gasteiger partial charge in [0.2, 0.25) is 5.78 Å². The van der Waals surface area contributed by atoms with Crippen molar-refractivity contribution in [3.8, 4) is 11.5 Å².